The van der Waals surface area contributed by atoms with Gasteiger partial charge in [-0.1, -0.05) is 35.9 Å². The highest BCUT2D eigenvalue weighted by atomic mass is 35.5. The predicted molar refractivity (Wildman–Crippen MR) is 133 cm³/mol. The summed E-state index contributed by atoms with van der Waals surface area (Å²) in [6.45, 7) is 4.43. The highest BCUT2D eigenvalue weighted by molar-refractivity contribution is 6.30. The van der Waals surface area contributed by atoms with E-state index in [1.165, 1.54) is 0 Å². The molecular formula is C25H30ClN5O4. The van der Waals surface area contributed by atoms with Crippen molar-refractivity contribution in [2.75, 3.05) is 38.2 Å². The predicted octanol–water partition coefficient (Wildman–Crippen LogP) is 2.87. The first kappa shape index (κ1) is 25.0. The van der Waals surface area contributed by atoms with Crippen LogP contribution in [0.15, 0.2) is 48.5 Å². The minimum absolute atomic E-state index is 0.0225. The monoisotopic (exact) mass is 499 g/mol. The topological polar surface area (TPSA) is 103 Å². The molecule has 3 N–H and O–H groups in total. The van der Waals surface area contributed by atoms with Gasteiger partial charge in [-0.25, -0.2) is 9.80 Å². The summed E-state index contributed by atoms with van der Waals surface area (Å²) in [5, 5.41) is 7.97. The Morgan fingerprint density at radius 3 is 2.46 bits per heavy atom. The van der Waals surface area contributed by atoms with Crippen molar-refractivity contribution >= 4 is 35.1 Å². The van der Waals surface area contributed by atoms with E-state index in [2.05, 4.69) is 16.1 Å². The van der Waals surface area contributed by atoms with Crippen LogP contribution < -0.4 is 16.1 Å². The molecule has 35 heavy (non-hydrogen) atoms. The standard InChI is InChI=1S/C25H30ClN5O4/c1-17-4-2-3-5-21(17)23(28-25(34)27-19-8-6-18(26)7-9-19)24(33)29-30-12-10-20(11-13-30)31-14-15-35-16-22(31)32/h2-9,20,23H,10-16H2,1H3,(H,29,33)(H2,27,28,34). The molecular weight excluding hydrogens is 470 g/mol. The van der Waals surface area contributed by atoms with E-state index in [9.17, 15) is 14.4 Å². The number of rotatable bonds is 6. The lowest BCUT2D eigenvalue weighted by molar-refractivity contribution is -0.147. The lowest BCUT2D eigenvalue weighted by Crippen LogP contribution is -2.56. The number of carbonyl (C=O) groups excluding carboxylic acids is 3. The average Bonchev–Trinajstić information content (AvgIpc) is 2.85. The summed E-state index contributed by atoms with van der Waals surface area (Å²) in [7, 11) is 0. The molecule has 2 aliphatic heterocycles. The molecule has 0 bridgehead atoms. The zero-order valence-corrected chi connectivity index (χ0v) is 20.4. The Hall–Kier alpha value is -3.14. The van der Waals surface area contributed by atoms with E-state index in [4.69, 9.17) is 16.3 Å². The molecule has 0 spiro atoms. The van der Waals surface area contributed by atoms with Gasteiger partial charge in [-0.2, -0.15) is 0 Å². The quantitative estimate of drug-likeness (QED) is 0.567. The highest BCUT2D eigenvalue weighted by Crippen LogP contribution is 2.21. The van der Waals surface area contributed by atoms with E-state index in [-0.39, 0.29) is 24.5 Å². The number of carbonyl (C=O) groups is 3. The van der Waals surface area contributed by atoms with Gasteiger partial charge in [0.15, 0.2) is 0 Å². The summed E-state index contributed by atoms with van der Waals surface area (Å²) in [5.74, 6) is -0.305. The molecule has 9 nitrogen and oxygen atoms in total. The number of aryl methyl sites for hydroxylation is 1. The van der Waals surface area contributed by atoms with Gasteiger partial charge < -0.3 is 20.3 Å². The summed E-state index contributed by atoms with van der Waals surface area (Å²) in [4.78, 5) is 40.1. The van der Waals surface area contributed by atoms with Crippen LogP contribution in [0.4, 0.5) is 10.5 Å². The van der Waals surface area contributed by atoms with Gasteiger partial charge in [0, 0.05) is 36.4 Å². The molecule has 0 aliphatic carbocycles. The average molecular weight is 500 g/mol. The largest absolute Gasteiger partial charge is 0.370 e. The van der Waals surface area contributed by atoms with E-state index in [1.54, 1.807) is 24.3 Å². The smallest absolute Gasteiger partial charge is 0.320 e. The lowest BCUT2D eigenvalue weighted by atomic mass is 10.0. The second-order valence-electron chi connectivity index (χ2n) is 8.73. The third-order valence-corrected chi connectivity index (χ3v) is 6.59. The van der Waals surface area contributed by atoms with E-state index in [0.29, 0.717) is 42.5 Å². The fourth-order valence-electron chi connectivity index (χ4n) is 4.45. The Kier molecular flexibility index (Phi) is 8.22. The zero-order chi connectivity index (χ0) is 24.8. The number of halogens is 1. The van der Waals surface area contributed by atoms with E-state index < -0.39 is 12.1 Å². The number of nitrogens with zero attached hydrogens (tertiary/aromatic N) is 2. The third kappa shape index (κ3) is 6.50. The first-order valence-electron chi connectivity index (χ1n) is 11.7. The van der Waals surface area contributed by atoms with Crippen molar-refractivity contribution in [3.63, 3.8) is 0 Å². The van der Waals surface area contributed by atoms with Crippen LogP contribution in [-0.2, 0) is 14.3 Å². The van der Waals surface area contributed by atoms with Crippen LogP contribution in [0, 0.1) is 6.92 Å². The summed E-state index contributed by atoms with van der Waals surface area (Å²) in [6, 6.07) is 13.0. The number of hydrogen-bond donors (Lipinski definition) is 3. The molecule has 4 amide bonds. The number of nitrogens with one attached hydrogen (secondary N) is 3. The minimum atomic E-state index is -0.887. The van der Waals surface area contributed by atoms with Gasteiger partial charge in [-0.15, -0.1) is 0 Å². The number of amides is 4. The van der Waals surface area contributed by atoms with Crippen molar-refractivity contribution in [2.24, 2.45) is 0 Å². The Morgan fingerprint density at radius 2 is 1.77 bits per heavy atom. The maximum Gasteiger partial charge on any atom is 0.320 e. The number of urea groups is 1. The maximum atomic E-state index is 13.3. The van der Waals surface area contributed by atoms with Crippen molar-refractivity contribution in [3.8, 4) is 0 Å². The van der Waals surface area contributed by atoms with Gasteiger partial charge in [0.25, 0.3) is 5.91 Å². The van der Waals surface area contributed by atoms with Gasteiger partial charge in [0.05, 0.1) is 6.61 Å². The number of hydrogen-bond acceptors (Lipinski definition) is 5. The molecule has 2 heterocycles. The molecule has 1 unspecified atom stereocenters. The molecule has 2 saturated heterocycles. The Labute approximate surface area is 209 Å². The maximum absolute atomic E-state index is 13.3. The molecule has 2 aromatic carbocycles. The molecule has 4 rings (SSSR count). The van der Waals surface area contributed by atoms with Crippen molar-refractivity contribution in [1.29, 1.82) is 0 Å². The first-order valence-corrected chi connectivity index (χ1v) is 12.1. The van der Waals surface area contributed by atoms with Gasteiger partial charge in [-0.05, 0) is 55.2 Å². The molecule has 2 aliphatic rings. The Morgan fingerprint density at radius 1 is 1.06 bits per heavy atom. The molecule has 2 fully saturated rings. The van der Waals surface area contributed by atoms with E-state index in [0.717, 1.165) is 18.4 Å². The van der Waals surface area contributed by atoms with Crippen molar-refractivity contribution < 1.29 is 19.1 Å². The van der Waals surface area contributed by atoms with Crippen molar-refractivity contribution in [1.82, 2.24) is 20.7 Å². The normalized spacial score (nSPS) is 18.1. The minimum Gasteiger partial charge on any atom is -0.370 e. The van der Waals surface area contributed by atoms with Crippen LogP contribution in [0.25, 0.3) is 0 Å². The number of hydrazine groups is 1. The Balaban J connectivity index is 1.39. The lowest BCUT2D eigenvalue weighted by Gasteiger charge is -2.40. The molecule has 0 saturated carbocycles. The van der Waals surface area contributed by atoms with Crippen LogP contribution in [0.1, 0.15) is 30.0 Å². The number of anilines is 1. The third-order valence-electron chi connectivity index (χ3n) is 6.34. The van der Waals surface area contributed by atoms with Crippen molar-refractivity contribution in [2.45, 2.75) is 31.8 Å². The second kappa shape index (κ2) is 11.5. The summed E-state index contributed by atoms with van der Waals surface area (Å²) in [5.41, 5.74) is 5.13. The van der Waals surface area contributed by atoms with Gasteiger partial charge in [0.1, 0.15) is 12.6 Å². The van der Waals surface area contributed by atoms with Gasteiger partial charge in [0.2, 0.25) is 5.91 Å². The van der Waals surface area contributed by atoms with Crippen molar-refractivity contribution in [3.05, 3.63) is 64.7 Å². The fraction of sp³-hybridized carbons (Fsp3) is 0.400. The number of ether oxygens (including phenoxy) is 1. The summed E-state index contributed by atoms with van der Waals surface area (Å²) >= 11 is 5.91. The van der Waals surface area contributed by atoms with Crippen LogP contribution in [0.2, 0.25) is 5.02 Å². The molecule has 10 heteroatoms. The van der Waals surface area contributed by atoms with Crippen LogP contribution in [0.3, 0.4) is 0 Å². The van der Waals surface area contributed by atoms with Crippen LogP contribution in [0.5, 0.6) is 0 Å². The van der Waals surface area contributed by atoms with Crippen LogP contribution >= 0.6 is 11.6 Å². The van der Waals surface area contributed by atoms with Gasteiger partial charge >= 0.3 is 6.03 Å². The summed E-state index contributed by atoms with van der Waals surface area (Å²) < 4.78 is 5.22. The molecule has 0 aromatic heterocycles. The van der Waals surface area contributed by atoms with E-state index >= 15 is 0 Å². The second-order valence-corrected chi connectivity index (χ2v) is 9.17. The molecule has 186 valence electrons. The highest BCUT2D eigenvalue weighted by Gasteiger charge is 2.32. The fourth-order valence-corrected chi connectivity index (χ4v) is 4.58. The number of benzene rings is 2. The summed E-state index contributed by atoms with van der Waals surface area (Å²) in [6.07, 6.45) is 1.51. The molecule has 0 radical (unpaired) electrons. The number of piperidine rings is 1. The number of morpholine rings is 1. The van der Waals surface area contributed by atoms with E-state index in [1.807, 2.05) is 41.1 Å². The SMILES string of the molecule is Cc1ccccc1C(NC(=O)Nc1ccc(Cl)cc1)C(=O)NN1CCC(N2CCOCC2=O)CC1. The Bertz CT molecular complexity index is 1060. The zero-order valence-electron chi connectivity index (χ0n) is 19.6. The van der Waals surface area contributed by atoms with Gasteiger partial charge in [-0.3, -0.25) is 15.0 Å². The molecule has 1 atom stereocenters. The van der Waals surface area contributed by atoms with Crippen LogP contribution in [-0.4, -0.2) is 66.6 Å². The molecule has 2 aromatic rings. The first-order chi connectivity index (χ1) is 16.9.